The van der Waals surface area contributed by atoms with Gasteiger partial charge in [-0.2, -0.15) is 11.8 Å². The zero-order valence-electron chi connectivity index (χ0n) is 5.24. The quantitative estimate of drug-likeness (QED) is 0.357. The molecule has 0 aromatic heterocycles. The molecule has 0 saturated carbocycles. The fourth-order valence-electron chi connectivity index (χ4n) is 0. The van der Waals surface area contributed by atoms with E-state index in [2.05, 4.69) is 6.58 Å². The van der Waals surface area contributed by atoms with Crippen LogP contribution in [-0.2, 0) is 0 Å². The Labute approximate surface area is 58.3 Å². The van der Waals surface area contributed by atoms with Crippen molar-refractivity contribution in [3.8, 4) is 0 Å². The highest BCUT2D eigenvalue weighted by molar-refractivity contribution is 7.98. The van der Waals surface area contributed by atoms with Crippen molar-refractivity contribution in [1.82, 2.24) is 0 Å². The van der Waals surface area contributed by atoms with Gasteiger partial charge in [0.2, 0.25) is 6.20 Å². The van der Waals surface area contributed by atoms with E-state index in [1.807, 2.05) is 6.26 Å². The molecule has 0 amide bonds. The summed E-state index contributed by atoms with van der Waals surface area (Å²) in [5, 5.41) is 9.06. The first kappa shape index (κ1) is 11.3. The minimum Gasteiger partial charge on any atom is -0.322 e. The third-order valence-electron chi connectivity index (χ3n) is 0.316. The largest absolute Gasteiger partial charge is 0.322 e. The maximum atomic E-state index is 9.06. The van der Waals surface area contributed by atoms with Gasteiger partial charge in [-0.3, -0.25) is 10.1 Å². The van der Waals surface area contributed by atoms with Gasteiger partial charge in [0.15, 0.2) is 0 Å². The highest BCUT2D eigenvalue weighted by Crippen LogP contribution is 1.77. The standard InChI is InChI=1S/C2H3NO2.C2H7NS/c1-2-3(4)5;1-4-2-3/h2H,1H2;2-3H2,1H3. The van der Waals surface area contributed by atoms with Crippen LogP contribution >= 0.6 is 11.8 Å². The summed E-state index contributed by atoms with van der Waals surface area (Å²) in [6.45, 7) is 2.86. The van der Waals surface area contributed by atoms with E-state index in [9.17, 15) is 0 Å². The van der Waals surface area contributed by atoms with Gasteiger partial charge in [-0.15, -0.1) is 0 Å². The maximum absolute atomic E-state index is 9.06. The Morgan fingerprint density at radius 3 is 2.22 bits per heavy atom. The molecule has 54 valence electrons. The Bertz CT molecular complexity index is 84.6. The summed E-state index contributed by atoms with van der Waals surface area (Å²) in [7, 11) is 0. The van der Waals surface area contributed by atoms with Gasteiger partial charge in [0, 0.05) is 5.88 Å². The SMILES string of the molecule is C=C[N+](=O)[O-].CSCN. The second-order valence-corrected chi connectivity index (χ2v) is 1.83. The molecule has 5 heteroatoms. The highest BCUT2D eigenvalue weighted by atomic mass is 32.2. The summed E-state index contributed by atoms with van der Waals surface area (Å²) in [4.78, 5) is 8.44. The Hall–Kier alpha value is -0.550. The van der Waals surface area contributed by atoms with E-state index in [-0.39, 0.29) is 0 Å². The monoisotopic (exact) mass is 150 g/mol. The molecule has 0 aromatic rings. The van der Waals surface area contributed by atoms with Crippen molar-refractivity contribution in [2.45, 2.75) is 0 Å². The lowest BCUT2D eigenvalue weighted by Gasteiger charge is -1.71. The second-order valence-electron chi connectivity index (χ2n) is 0.923. The first-order chi connectivity index (χ1) is 4.18. The van der Waals surface area contributed by atoms with Crippen LogP contribution in [-0.4, -0.2) is 17.1 Å². The molecule has 0 aliphatic rings. The molecular formula is C4H10N2O2S. The van der Waals surface area contributed by atoms with E-state index < -0.39 is 4.92 Å². The number of nitro groups is 1. The van der Waals surface area contributed by atoms with Crippen molar-refractivity contribution in [1.29, 1.82) is 0 Å². The Kier molecular flexibility index (Phi) is 13.1. The van der Waals surface area contributed by atoms with E-state index >= 15 is 0 Å². The summed E-state index contributed by atoms with van der Waals surface area (Å²) in [5.74, 6) is 0.736. The van der Waals surface area contributed by atoms with Crippen molar-refractivity contribution in [2.24, 2.45) is 5.73 Å². The normalized spacial score (nSPS) is 6.89. The molecule has 0 rings (SSSR count). The summed E-state index contributed by atoms with van der Waals surface area (Å²) in [5.41, 5.74) is 4.99. The molecule has 2 N–H and O–H groups in total. The van der Waals surface area contributed by atoms with E-state index in [4.69, 9.17) is 15.8 Å². The van der Waals surface area contributed by atoms with Gasteiger partial charge in [0.05, 0.1) is 4.92 Å². The molecule has 9 heavy (non-hydrogen) atoms. The van der Waals surface area contributed by atoms with E-state index in [1.165, 1.54) is 0 Å². The van der Waals surface area contributed by atoms with Gasteiger partial charge in [-0.25, -0.2) is 0 Å². The summed E-state index contributed by atoms with van der Waals surface area (Å²) >= 11 is 1.63. The first-order valence-electron chi connectivity index (χ1n) is 2.14. The van der Waals surface area contributed by atoms with Crippen molar-refractivity contribution in [3.63, 3.8) is 0 Å². The van der Waals surface area contributed by atoms with Gasteiger partial charge in [-0.05, 0) is 12.8 Å². The molecule has 0 spiro atoms. The smallest absolute Gasteiger partial charge is 0.227 e. The molecular weight excluding hydrogens is 140 g/mol. The molecule has 0 unspecified atom stereocenters. The first-order valence-corrected chi connectivity index (χ1v) is 3.53. The predicted molar refractivity (Wildman–Crippen MR) is 39.8 cm³/mol. The minimum atomic E-state index is -0.611. The van der Waals surface area contributed by atoms with Crippen LogP contribution in [0.5, 0.6) is 0 Å². The topological polar surface area (TPSA) is 69.2 Å². The number of hydrogen-bond donors (Lipinski definition) is 1. The molecule has 4 nitrogen and oxygen atoms in total. The molecule has 0 saturated heterocycles. The van der Waals surface area contributed by atoms with Crippen molar-refractivity contribution in [3.05, 3.63) is 22.9 Å². The number of hydrogen-bond acceptors (Lipinski definition) is 4. The second kappa shape index (κ2) is 10.4. The van der Waals surface area contributed by atoms with Crippen LogP contribution in [0.15, 0.2) is 12.8 Å². The van der Waals surface area contributed by atoms with E-state index in [1.54, 1.807) is 11.8 Å². The van der Waals surface area contributed by atoms with Gasteiger partial charge in [-0.1, -0.05) is 0 Å². The van der Waals surface area contributed by atoms with E-state index in [0.29, 0.717) is 6.20 Å². The number of nitrogens with two attached hydrogens (primary N) is 1. The van der Waals surface area contributed by atoms with Crippen LogP contribution in [0.4, 0.5) is 0 Å². The zero-order valence-corrected chi connectivity index (χ0v) is 6.06. The average molecular weight is 150 g/mol. The maximum Gasteiger partial charge on any atom is 0.227 e. The van der Waals surface area contributed by atoms with Crippen LogP contribution in [0.25, 0.3) is 0 Å². The Balaban J connectivity index is 0. The zero-order chi connectivity index (χ0) is 7.70. The summed E-state index contributed by atoms with van der Waals surface area (Å²) in [6.07, 6.45) is 2.61. The molecule has 0 bridgehead atoms. The van der Waals surface area contributed by atoms with Crippen LogP contribution in [0.3, 0.4) is 0 Å². The third kappa shape index (κ3) is 36.9. The Morgan fingerprint density at radius 1 is 2.00 bits per heavy atom. The summed E-state index contributed by atoms with van der Waals surface area (Å²) in [6, 6.07) is 0. The van der Waals surface area contributed by atoms with E-state index in [0.717, 1.165) is 5.88 Å². The van der Waals surface area contributed by atoms with Gasteiger partial charge < -0.3 is 5.73 Å². The van der Waals surface area contributed by atoms with Crippen LogP contribution in [0, 0.1) is 10.1 Å². The van der Waals surface area contributed by atoms with Crippen molar-refractivity contribution >= 4 is 11.8 Å². The number of nitrogens with zero attached hydrogens (tertiary/aromatic N) is 1. The lowest BCUT2D eigenvalue weighted by molar-refractivity contribution is -0.401. The molecule has 0 fully saturated rings. The molecule has 0 radical (unpaired) electrons. The molecule has 0 heterocycles. The van der Waals surface area contributed by atoms with Gasteiger partial charge >= 0.3 is 0 Å². The lowest BCUT2D eigenvalue weighted by Crippen LogP contribution is -1.88. The fourth-order valence-corrected chi connectivity index (χ4v) is 0. The molecule has 0 aliphatic heterocycles. The Morgan fingerprint density at radius 2 is 2.22 bits per heavy atom. The van der Waals surface area contributed by atoms with Gasteiger partial charge in [0.1, 0.15) is 0 Å². The van der Waals surface area contributed by atoms with Crippen molar-refractivity contribution < 1.29 is 4.92 Å². The lowest BCUT2D eigenvalue weighted by atomic mass is 11.1. The molecule has 0 atom stereocenters. The van der Waals surface area contributed by atoms with Crippen LogP contribution in [0.2, 0.25) is 0 Å². The summed E-state index contributed by atoms with van der Waals surface area (Å²) < 4.78 is 0. The van der Waals surface area contributed by atoms with Crippen molar-refractivity contribution in [2.75, 3.05) is 12.1 Å². The van der Waals surface area contributed by atoms with Crippen LogP contribution in [0.1, 0.15) is 0 Å². The predicted octanol–water partition coefficient (Wildman–Crippen LogP) is 0.672. The minimum absolute atomic E-state index is 0.611. The number of rotatable bonds is 2. The van der Waals surface area contributed by atoms with Crippen LogP contribution < -0.4 is 5.73 Å². The highest BCUT2D eigenvalue weighted by Gasteiger charge is 1.69. The number of thioether (sulfide) groups is 1. The average Bonchev–Trinajstić information content (AvgIpc) is 1.89. The molecule has 0 aliphatic carbocycles. The molecule has 0 aromatic carbocycles. The third-order valence-corrected chi connectivity index (χ3v) is 0.649. The van der Waals surface area contributed by atoms with Gasteiger partial charge in [0.25, 0.3) is 0 Å². The fraction of sp³-hybridized carbons (Fsp3) is 0.500.